The molecule has 0 aliphatic heterocycles. The third-order valence-electron chi connectivity index (χ3n) is 4.41. The number of benzene rings is 1. The summed E-state index contributed by atoms with van der Waals surface area (Å²) >= 11 is 12.8. The van der Waals surface area contributed by atoms with Gasteiger partial charge in [0.15, 0.2) is 5.69 Å². The molecule has 0 bridgehead atoms. The maximum Gasteiger partial charge on any atom is 0.417 e. The minimum atomic E-state index is -4.61. The van der Waals surface area contributed by atoms with E-state index in [1.807, 2.05) is 0 Å². The fraction of sp³-hybridized carbons (Fsp3) is 0.250. The number of aliphatic hydroxyl groups excluding tert-OH is 1. The van der Waals surface area contributed by atoms with Crippen molar-refractivity contribution in [3.63, 3.8) is 0 Å². The summed E-state index contributed by atoms with van der Waals surface area (Å²) in [5.41, 5.74) is -1.03. The van der Waals surface area contributed by atoms with Crippen molar-refractivity contribution in [3.05, 3.63) is 61.9 Å². The van der Waals surface area contributed by atoms with Crippen LogP contribution in [0.2, 0.25) is 10.0 Å². The smallest absolute Gasteiger partial charge is 0.395 e. The monoisotopic (exact) mass is 548 g/mol. The Balaban J connectivity index is 1.67. The summed E-state index contributed by atoms with van der Waals surface area (Å²) in [6.45, 7) is 1.65. The fourth-order valence-electron chi connectivity index (χ4n) is 2.76. The van der Waals surface area contributed by atoms with Crippen LogP contribution < -0.4 is 16.0 Å². The van der Waals surface area contributed by atoms with Crippen molar-refractivity contribution < 1.29 is 27.9 Å². The molecule has 3 aromatic rings. The number of carbonyl (C=O) groups is 2. The van der Waals surface area contributed by atoms with E-state index in [0.717, 1.165) is 35.9 Å². The summed E-state index contributed by atoms with van der Waals surface area (Å²) in [4.78, 5) is 37.2. The number of hydrogen-bond acceptors (Lipinski definition) is 8. The maximum atomic E-state index is 12.8. The predicted molar refractivity (Wildman–Crippen MR) is 125 cm³/mol. The van der Waals surface area contributed by atoms with Gasteiger partial charge in [0.2, 0.25) is 0 Å². The molecule has 0 spiro atoms. The number of halogens is 5. The van der Waals surface area contributed by atoms with Crippen LogP contribution in [0, 0.1) is 0 Å². The molecule has 0 saturated carbocycles. The first-order valence-corrected chi connectivity index (χ1v) is 11.4. The highest BCUT2D eigenvalue weighted by Gasteiger charge is 2.33. The van der Waals surface area contributed by atoms with Crippen LogP contribution >= 0.6 is 34.5 Å². The second kappa shape index (κ2) is 11.2. The molecular formula is C20H17Cl2F3N6O3S. The largest absolute Gasteiger partial charge is 0.417 e. The van der Waals surface area contributed by atoms with Crippen LogP contribution in [0.1, 0.15) is 43.7 Å². The van der Waals surface area contributed by atoms with E-state index in [9.17, 15) is 22.8 Å². The molecule has 35 heavy (non-hydrogen) atoms. The summed E-state index contributed by atoms with van der Waals surface area (Å²) in [5.74, 6) is -1.04. The molecule has 4 N–H and O–H groups in total. The van der Waals surface area contributed by atoms with Gasteiger partial charge in [0, 0.05) is 12.2 Å². The molecule has 0 saturated heterocycles. The molecule has 0 fully saturated rings. The standard InChI is InChI=1S/C20H17Cl2F3N6O3S/c1-9(30-18(34)15-14(22)16(26-4-5-32)29-8-28-15)19-27-7-13(35-19)17(33)31-10-2-3-11(12(21)6-10)20(23,24)25/h2-3,6-9,32H,4-5H2,1H3,(H,30,34)(H,31,33)(H,26,28,29). The number of nitrogens with zero attached hydrogens (tertiary/aromatic N) is 3. The van der Waals surface area contributed by atoms with Crippen LogP contribution in [-0.2, 0) is 6.18 Å². The van der Waals surface area contributed by atoms with E-state index < -0.39 is 34.6 Å². The van der Waals surface area contributed by atoms with Gasteiger partial charge < -0.3 is 21.1 Å². The Morgan fingerprint density at radius 3 is 2.57 bits per heavy atom. The molecule has 0 radical (unpaired) electrons. The lowest BCUT2D eigenvalue weighted by Gasteiger charge is -2.13. The molecule has 9 nitrogen and oxygen atoms in total. The van der Waals surface area contributed by atoms with Gasteiger partial charge in [0.25, 0.3) is 11.8 Å². The summed E-state index contributed by atoms with van der Waals surface area (Å²) in [5, 5.41) is 16.6. The second-order valence-corrected chi connectivity index (χ2v) is 8.79. The number of anilines is 2. The molecule has 0 aliphatic carbocycles. The summed E-state index contributed by atoms with van der Waals surface area (Å²) in [6, 6.07) is 2.24. The minimum absolute atomic E-state index is 0.0277. The van der Waals surface area contributed by atoms with Crippen molar-refractivity contribution in [1.29, 1.82) is 0 Å². The zero-order valence-corrected chi connectivity index (χ0v) is 20.1. The average Bonchev–Trinajstić information content (AvgIpc) is 3.28. The Hall–Kier alpha value is -3.00. The molecule has 1 unspecified atom stereocenters. The van der Waals surface area contributed by atoms with Gasteiger partial charge in [-0.1, -0.05) is 23.2 Å². The van der Waals surface area contributed by atoms with Gasteiger partial charge in [-0.3, -0.25) is 9.59 Å². The number of amides is 2. The van der Waals surface area contributed by atoms with Crippen molar-refractivity contribution in [2.24, 2.45) is 0 Å². The van der Waals surface area contributed by atoms with Crippen LogP contribution in [0.25, 0.3) is 0 Å². The van der Waals surface area contributed by atoms with Gasteiger partial charge in [-0.25, -0.2) is 15.0 Å². The van der Waals surface area contributed by atoms with Gasteiger partial charge >= 0.3 is 6.18 Å². The lowest BCUT2D eigenvalue weighted by Crippen LogP contribution is -2.28. The van der Waals surface area contributed by atoms with E-state index in [0.29, 0.717) is 5.01 Å². The van der Waals surface area contributed by atoms with Crippen molar-refractivity contribution in [3.8, 4) is 0 Å². The molecule has 2 aromatic heterocycles. The third-order valence-corrected chi connectivity index (χ3v) is 6.26. The highest BCUT2D eigenvalue weighted by molar-refractivity contribution is 7.13. The lowest BCUT2D eigenvalue weighted by atomic mass is 10.2. The minimum Gasteiger partial charge on any atom is -0.395 e. The number of aliphatic hydroxyl groups is 1. The number of thiazole rings is 1. The highest BCUT2D eigenvalue weighted by Crippen LogP contribution is 2.36. The van der Waals surface area contributed by atoms with E-state index in [1.54, 1.807) is 6.92 Å². The molecule has 3 rings (SSSR count). The van der Waals surface area contributed by atoms with Gasteiger partial charge in [-0.05, 0) is 25.1 Å². The number of hydrogen-bond donors (Lipinski definition) is 4. The molecule has 2 amide bonds. The number of carbonyl (C=O) groups excluding carboxylic acids is 2. The topological polar surface area (TPSA) is 129 Å². The summed E-state index contributed by atoms with van der Waals surface area (Å²) in [7, 11) is 0. The van der Waals surface area contributed by atoms with Crippen molar-refractivity contribution in [2.75, 3.05) is 23.8 Å². The lowest BCUT2D eigenvalue weighted by molar-refractivity contribution is -0.137. The Bertz CT molecular complexity index is 1240. The Morgan fingerprint density at radius 2 is 1.91 bits per heavy atom. The van der Waals surface area contributed by atoms with E-state index in [1.165, 1.54) is 6.20 Å². The number of aromatic nitrogens is 3. The van der Waals surface area contributed by atoms with E-state index in [-0.39, 0.29) is 40.3 Å². The van der Waals surface area contributed by atoms with Crippen molar-refractivity contribution in [1.82, 2.24) is 20.3 Å². The molecule has 0 aliphatic rings. The van der Waals surface area contributed by atoms with Crippen molar-refractivity contribution >= 4 is 57.9 Å². The SMILES string of the molecule is CC(NC(=O)c1ncnc(NCCO)c1Cl)c1ncc(C(=O)Nc2ccc(C(F)(F)F)c(Cl)c2)s1. The average molecular weight is 549 g/mol. The maximum absolute atomic E-state index is 12.8. The number of nitrogens with one attached hydrogen (secondary N) is 3. The number of rotatable bonds is 8. The first kappa shape index (κ1) is 26.6. The quantitative estimate of drug-likeness (QED) is 0.328. The Labute approximate surface area is 210 Å². The summed E-state index contributed by atoms with van der Waals surface area (Å²) < 4.78 is 38.5. The van der Waals surface area contributed by atoms with Crippen LogP contribution in [-0.4, -0.2) is 45.0 Å². The van der Waals surface area contributed by atoms with Gasteiger partial charge in [-0.15, -0.1) is 11.3 Å². The molecular weight excluding hydrogens is 532 g/mol. The van der Waals surface area contributed by atoms with Crippen molar-refractivity contribution in [2.45, 2.75) is 19.1 Å². The van der Waals surface area contributed by atoms with Crippen LogP contribution in [0.3, 0.4) is 0 Å². The Kier molecular flexibility index (Phi) is 8.48. The fourth-order valence-corrected chi connectivity index (χ4v) is 4.11. The summed E-state index contributed by atoms with van der Waals surface area (Å²) in [6.07, 6.45) is -2.19. The molecule has 2 heterocycles. The number of alkyl halides is 3. The third kappa shape index (κ3) is 6.57. The van der Waals surface area contributed by atoms with Crippen LogP contribution in [0.4, 0.5) is 24.7 Å². The zero-order valence-electron chi connectivity index (χ0n) is 17.8. The highest BCUT2D eigenvalue weighted by atomic mass is 35.5. The second-order valence-electron chi connectivity index (χ2n) is 6.94. The molecule has 15 heteroatoms. The first-order valence-electron chi connectivity index (χ1n) is 9.81. The van der Waals surface area contributed by atoms with Gasteiger partial charge in [-0.2, -0.15) is 13.2 Å². The first-order chi connectivity index (χ1) is 16.5. The van der Waals surface area contributed by atoms with E-state index >= 15 is 0 Å². The van der Waals surface area contributed by atoms with Gasteiger partial charge in [0.1, 0.15) is 27.1 Å². The molecule has 186 valence electrons. The Morgan fingerprint density at radius 1 is 1.17 bits per heavy atom. The predicted octanol–water partition coefficient (Wildman–Crippen LogP) is 4.41. The van der Waals surface area contributed by atoms with Crippen LogP contribution in [0.5, 0.6) is 0 Å². The van der Waals surface area contributed by atoms with E-state index in [4.69, 9.17) is 28.3 Å². The van der Waals surface area contributed by atoms with E-state index in [2.05, 4.69) is 30.9 Å². The normalized spacial score (nSPS) is 12.2. The zero-order chi connectivity index (χ0) is 25.8. The molecule has 1 atom stereocenters. The molecule has 1 aromatic carbocycles. The van der Waals surface area contributed by atoms with Crippen LogP contribution in [0.15, 0.2) is 30.7 Å². The van der Waals surface area contributed by atoms with Gasteiger partial charge in [0.05, 0.1) is 29.4 Å².